The molecule has 1 aromatic heterocycles. The van der Waals surface area contributed by atoms with Crippen molar-refractivity contribution in [3.8, 4) is 0 Å². The number of morpholine rings is 1. The number of nitrogens with zero attached hydrogens (tertiary/aromatic N) is 1. The van der Waals surface area contributed by atoms with Crippen LogP contribution in [0.15, 0.2) is 21.4 Å². The summed E-state index contributed by atoms with van der Waals surface area (Å²) in [6.45, 7) is 4.95. The topological polar surface area (TPSA) is 42.7 Å². The van der Waals surface area contributed by atoms with E-state index >= 15 is 0 Å². The van der Waals surface area contributed by atoms with Gasteiger partial charge in [0.2, 0.25) is 0 Å². The van der Waals surface area contributed by atoms with E-state index in [1.54, 1.807) is 11.0 Å². The maximum Gasteiger partial charge on any atom is 0.258 e. The van der Waals surface area contributed by atoms with Crippen molar-refractivity contribution in [2.45, 2.75) is 25.6 Å². The second-order valence-corrected chi connectivity index (χ2v) is 5.98. The van der Waals surface area contributed by atoms with Crippen molar-refractivity contribution >= 4 is 33.4 Å². The SMILES string of the molecule is CC1(C)CN(C(=O)c2ccoc2Br)CC(CCl)O1. The van der Waals surface area contributed by atoms with E-state index in [-0.39, 0.29) is 17.6 Å². The zero-order chi connectivity index (χ0) is 13.3. The van der Waals surface area contributed by atoms with Crippen molar-refractivity contribution in [1.82, 2.24) is 4.90 Å². The van der Waals surface area contributed by atoms with E-state index in [1.807, 2.05) is 13.8 Å². The van der Waals surface area contributed by atoms with Crippen molar-refractivity contribution in [3.63, 3.8) is 0 Å². The van der Waals surface area contributed by atoms with Crippen LogP contribution in [0.2, 0.25) is 0 Å². The van der Waals surface area contributed by atoms with Gasteiger partial charge in [0.1, 0.15) is 0 Å². The third-order valence-electron chi connectivity index (χ3n) is 2.79. The summed E-state index contributed by atoms with van der Waals surface area (Å²) in [5.41, 5.74) is 0.143. The third-order valence-corrected chi connectivity index (χ3v) is 3.75. The number of hydrogen-bond donors (Lipinski definition) is 0. The lowest BCUT2D eigenvalue weighted by Crippen LogP contribution is -2.55. The van der Waals surface area contributed by atoms with Crippen molar-refractivity contribution in [1.29, 1.82) is 0 Å². The highest BCUT2D eigenvalue weighted by atomic mass is 79.9. The Morgan fingerprint density at radius 1 is 1.67 bits per heavy atom. The summed E-state index contributed by atoms with van der Waals surface area (Å²) in [7, 11) is 0. The molecule has 0 radical (unpaired) electrons. The summed E-state index contributed by atoms with van der Waals surface area (Å²) in [6.07, 6.45) is 1.35. The minimum atomic E-state index is -0.385. The van der Waals surface area contributed by atoms with Crippen LogP contribution in [0.3, 0.4) is 0 Å². The monoisotopic (exact) mass is 335 g/mol. The minimum Gasteiger partial charge on any atom is -0.457 e. The summed E-state index contributed by atoms with van der Waals surface area (Å²) in [6, 6.07) is 1.66. The summed E-state index contributed by atoms with van der Waals surface area (Å²) in [4.78, 5) is 14.1. The highest BCUT2D eigenvalue weighted by Gasteiger charge is 2.36. The Kier molecular flexibility index (Phi) is 4.04. The predicted molar refractivity (Wildman–Crippen MR) is 72.0 cm³/mol. The fourth-order valence-electron chi connectivity index (χ4n) is 2.15. The lowest BCUT2D eigenvalue weighted by molar-refractivity contribution is -0.117. The molecule has 1 amide bonds. The Morgan fingerprint density at radius 3 is 2.94 bits per heavy atom. The molecule has 1 aliphatic heterocycles. The lowest BCUT2D eigenvalue weighted by atomic mass is 10.0. The molecular formula is C12H15BrClNO3. The van der Waals surface area contributed by atoms with Crippen molar-refractivity contribution < 1.29 is 13.9 Å². The van der Waals surface area contributed by atoms with Crippen molar-refractivity contribution in [3.05, 3.63) is 22.6 Å². The van der Waals surface area contributed by atoms with Gasteiger partial charge >= 0.3 is 0 Å². The molecule has 4 nitrogen and oxygen atoms in total. The van der Waals surface area contributed by atoms with E-state index < -0.39 is 0 Å². The number of halogens is 2. The number of ether oxygens (including phenoxy) is 1. The summed E-state index contributed by atoms with van der Waals surface area (Å²) < 4.78 is 11.3. The van der Waals surface area contributed by atoms with Crippen molar-refractivity contribution in [2.75, 3.05) is 19.0 Å². The van der Waals surface area contributed by atoms with E-state index in [1.165, 1.54) is 6.26 Å². The van der Waals surface area contributed by atoms with Gasteiger partial charge in [-0.25, -0.2) is 0 Å². The molecule has 1 fully saturated rings. The molecule has 0 saturated carbocycles. The van der Waals surface area contributed by atoms with Gasteiger partial charge in [0.05, 0.1) is 29.4 Å². The molecule has 0 bridgehead atoms. The standard InChI is InChI=1S/C12H15BrClNO3/c1-12(2)7-15(6-8(5-14)18-12)11(16)9-3-4-17-10(9)13/h3-4,8H,5-7H2,1-2H3. The number of hydrogen-bond acceptors (Lipinski definition) is 3. The number of rotatable bonds is 2. The van der Waals surface area contributed by atoms with Crippen LogP contribution < -0.4 is 0 Å². The zero-order valence-corrected chi connectivity index (χ0v) is 12.6. The van der Waals surface area contributed by atoms with E-state index in [0.29, 0.717) is 29.2 Å². The lowest BCUT2D eigenvalue weighted by Gasteiger charge is -2.42. The molecule has 1 unspecified atom stereocenters. The van der Waals surface area contributed by atoms with Crippen LogP contribution in [-0.4, -0.2) is 41.5 Å². The van der Waals surface area contributed by atoms with Gasteiger partial charge in [-0.15, -0.1) is 11.6 Å². The normalized spacial score (nSPS) is 23.1. The number of carbonyl (C=O) groups excluding carboxylic acids is 1. The molecule has 100 valence electrons. The average Bonchev–Trinajstić information content (AvgIpc) is 2.72. The Labute approximate surface area is 119 Å². The van der Waals surface area contributed by atoms with E-state index in [4.69, 9.17) is 20.8 Å². The molecule has 1 aliphatic rings. The highest BCUT2D eigenvalue weighted by molar-refractivity contribution is 9.10. The molecule has 18 heavy (non-hydrogen) atoms. The maximum atomic E-state index is 12.4. The van der Waals surface area contributed by atoms with E-state index in [0.717, 1.165) is 0 Å². The smallest absolute Gasteiger partial charge is 0.258 e. The van der Waals surface area contributed by atoms with Gasteiger partial charge in [0.15, 0.2) is 4.67 Å². The fourth-order valence-corrected chi connectivity index (χ4v) is 2.72. The van der Waals surface area contributed by atoms with Gasteiger partial charge in [0, 0.05) is 13.1 Å². The fraction of sp³-hybridized carbons (Fsp3) is 0.583. The van der Waals surface area contributed by atoms with Crippen LogP contribution in [0.25, 0.3) is 0 Å². The van der Waals surface area contributed by atoms with Crippen LogP contribution >= 0.6 is 27.5 Å². The number of carbonyl (C=O) groups is 1. The van der Waals surface area contributed by atoms with Gasteiger partial charge in [0.25, 0.3) is 5.91 Å². The molecule has 0 spiro atoms. The van der Waals surface area contributed by atoms with Gasteiger partial charge in [-0.1, -0.05) is 0 Å². The van der Waals surface area contributed by atoms with Crippen LogP contribution in [0.5, 0.6) is 0 Å². The maximum absolute atomic E-state index is 12.4. The van der Waals surface area contributed by atoms with Gasteiger partial charge in [-0.3, -0.25) is 4.79 Å². The van der Waals surface area contributed by atoms with E-state index in [9.17, 15) is 4.79 Å². The van der Waals surface area contributed by atoms with Crippen LogP contribution in [-0.2, 0) is 4.74 Å². The summed E-state index contributed by atoms with van der Waals surface area (Å²) in [5, 5.41) is 0. The summed E-state index contributed by atoms with van der Waals surface area (Å²) in [5.74, 6) is 0.307. The van der Waals surface area contributed by atoms with Crippen LogP contribution in [0.1, 0.15) is 24.2 Å². The first-order valence-electron chi connectivity index (χ1n) is 5.69. The predicted octanol–water partition coefficient (Wildman–Crippen LogP) is 2.90. The Morgan fingerprint density at radius 2 is 2.39 bits per heavy atom. The average molecular weight is 337 g/mol. The Bertz CT molecular complexity index is 446. The molecule has 2 heterocycles. The second-order valence-electron chi connectivity index (χ2n) is 4.95. The van der Waals surface area contributed by atoms with Gasteiger partial charge in [-0.2, -0.15) is 0 Å². The molecule has 1 atom stereocenters. The first kappa shape index (κ1) is 13.9. The number of furan rings is 1. The molecule has 1 aromatic rings. The molecule has 0 aliphatic carbocycles. The van der Waals surface area contributed by atoms with Crippen LogP contribution in [0.4, 0.5) is 0 Å². The molecule has 0 aromatic carbocycles. The number of alkyl halides is 1. The van der Waals surface area contributed by atoms with Gasteiger partial charge in [-0.05, 0) is 35.8 Å². The Hall–Kier alpha value is -0.520. The largest absolute Gasteiger partial charge is 0.457 e. The quantitative estimate of drug-likeness (QED) is 0.780. The molecule has 0 N–H and O–H groups in total. The zero-order valence-electron chi connectivity index (χ0n) is 10.3. The third kappa shape index (κ3) is 2.90. The highest BCUT2D eigenvalue weighted by Crippen LogP contribution is 2.25. The van der Waals surface area contributed by atoms with Crippen molar-refractivity contribution in [2.24, 2.45) is 0 Å². The summed E-state index contributed by atoms with van der Waals surface area (Å²) >= 11 is 9.07. The van der Waals surface area contributed by atoms with E-state index in [2.05, 4.69) is 15.9 Å². The minimum absolute atomic E-state index is 0.0675. The molecule has 1 saturated heterocycles. The molecular weight excluding hydrogens is 321 g/mol. The molecule has 2 rings (SSSR count). The Balaban J connectivity index is 2.17. The first-order valence-corrected chi connectivity index (χ1v) is 7.02. The van der Waals surface area contributed by atoms with Gasteiger partial charge < -0.3 is 14.1 Å². The number of amides is 1. The first-order chi connectivity index (χ1) is 8.43. The van der Waals surface area contributed by atoms with Crippen LogP contribution in [0, 0.1) is 0 Å². The molecule has 6 heteroatoms. The second kappa shape index (κ2) is 5.23.